The van der Waals surface area contributed by atoms with Crippen molar-refractivity contribution in [2.75, 3.05) is 40.9 Å². The molecule has 372 valence electrons. The van der Waals surface area contributed by atoms with Crippen LogP contribution in [0.2, 0.25) is 0 Å². The van der Waals surface area contributed by atoms with E-state index < -0.39 is 20.0 Å². The number of aliphatic hydroxyl groups is 1. The fourth-order valence-corrected chi connectivity index (χ4v) is 8.59. The second-order valence-electron chi connectivity index (χ2n) is 19.6. The molecule has 0 aromatic carbocycles. The lowest BCUT2D eigenvalue weighted by Gasteiger charge is -2.30. The zero-order valence-corrected chi connectivity index (χ0v) is 43.2. The Labute approximate surface area is 391 Å². The van der Waals surface area contributed by atoms with Crippen molar-refractivity contribution in [3.05, 3.63) is 36.5 Å². The lowest BCUT2D eigenvalue weighted by molar-refractivity contribution is -0.870. The molecule has 63 heavy (non-hydrogen) atoms. The number of phosphoric acid groups is 1. The van der Waals surface area contributed by atoms with Crippen LogP contribution in [0.5, 0.6) is 0 Å². The minimum atomic E-state index is -4.57. The number of allylic oxidation sites excluding steroid dienone is 6. The van der Waals surface area contributed by atoms with Gasteiger partial charge in [0.2, 0.25) is 5.91 Å². The first-order chi connectivity index (χ1) is 30.5. The van der Waals surface area contributed by atoms with E-state index in [-0.39, 0.29) is 19.1 Å². The van der Waals surface area contributed by atoms with Crippen LogP contribution < -0.4 is 10.2 Å². The van der Waals surface area contributed by atoms with Crippen molar-refractivity contribution in [1.82, 2.24) is 5.32 Å². The lowest BCUT2D eigenvalue weighted by Crippen LogP contribution is -2.46. The second kappa shape index (κ2) is 45.9. The largest absolute Gasteiger partial charge is 0.756 e. The Kier molecular flexibility index (Phi) is 44.9. The van der Waals surface area contributed by atoms with Gasteiger partial charge in [0.25, 0.3) is 7.82 Å². The maximum absolute atomic E-state index is 12.9. The summed E-state index contributed by atoms with van der Waals surface area (Å²) in [5.41, 5.74) is 0. The predicted octanol–water partition coefficient (Wildman–Crippen LogP) is 15.2. The quantitative estimate of drug-likeness (QED) is 0.0272. The molecule has 2 N–H and O–H groups in total. The molecule has 0 radical (unpaired) electrons. The van der Waals surface area contributed by atoms with E-state index in [1.165, 1.54) is 161 Å². The van der Waals surface area contributed by atoms with Gasteiger partial charge in [-0.1, -0.05) is 230 Å². The minimum absolute atomic E-state index is 0.00913. The van der Waals surface area contributed by atoms with Gasteiger partial charge in [0, 0.05) is 6.42 Å². The monoisotopic (exact) mass is 909 g/mol. The number of nitrogens with one attached hydrogen (secondary N) is 1. The van der Waals surface area contributed by atoms with E-state index in [1.54, 1.807) is 0 Å². The zero-order valence-electron chi connectivity index (χ0n) is 42.3. The van der Waals surface area contributed by atoms with Crippen molar-refractivity contribution in [2.24, 2.45) is 0 Å². The number of amides is 1. The summed E-state index contributed by atoms with van der Waals surface area (Å²) >= 11 is 0. The summed E-state index contributed by atoms with van der Waals surface area (Å²) in [5, 5.41) is 14.0. The third-order valence-electron chi connectivity index (χ3n) is 12.1. The van der Waals surface area contributed by atoms with Gasteiger partial charge in [-0.2, -0.15) is 0 Å². The number of likely N-dealkylation sites (N-methyl/N-ethyl adjacent to an activating group) is 1. The molecule has 0 aliphatic rings. The number of hydrogen-bond donors (Lipinski definition) is 2. The van der Waals surface area contributed by atoms with Crippen LogP contribution in [0.3, 0.4) is 0 Å². The van der Waals surface area contributed by atoms with E-state index >= 15 is 0 Å². The van der Waals surface area contributed by atoms with Gasteiger partial charge in [0.05, 0.1) is 39.9 Å². The van der Waals surface area contributed by atoms with Crippen LogP contribution in [0.15, 0.2) is 36.5 Å². The Bertz CT molecular complexity index is 1120. The Morgan fingerprint density at radius 1 is 0.556 bits per heavy atom. The van der Waals surface area contributed by atoms with Crippen LogP contribution in [0.25, 0.3) is 0 Å². The van der Waals surface area contributed by atoms with Crippen molar-refractivity contribution in [3.8, 4) is 0 Å². The molecule has 0 spiro atoms. The number of unbranched alkanes of at least 4 members (excludes halogenated alkanes) is 30. The predicted molar refractivity (Wildman–Crippen MR) is 270 cm³/mol. The van der Waals surface area contributed by atoms with Crippen LogP contribution in [0, 0.1) is 0 Å². The summed E-state index contributed by atoms with van der Waals surface area (Å²) in [6.45, 7) is 4.72. The topological polar surface area (TPSA) is 108 Å². The van der Waals surface area contributed by atoms with Gasteiger partial charge in [-0.3, -0.25) is 9.36 Å². The molecule has 0 aromatic rings. The molecule has 0 heterocycles. The maximum atomic E-state index is 12.9. The SMILES string of the molecule is CCCCCCC/C=C\C/C=C\C/C=C\CCCCCCCCC(=O)NC(COP(=O)([O-])OCC[N+](C)(C)C)C(O)CCCCCCCCCCCCCCCCCCCCCC. The van der Waals surface area contributed by atoms with Gasteiger partial charge < -0.3 is 28.8 Å². The molecule has 9 heteroatoms. The number of phosphoric ester groups is 1. The fourth-order valence-electron chi connectivity index (χ4n) is 7.87. The number of hydrogen-bond acceptors (Lipinski definition) is 6. The van der Waals surface area contributed by atoms with E-state index in [0.29, 0.717) is 23.9 Å². The number of aliphatic hydroxyl groups excluding tert-OH is 1. The number of rotatable bonds is 49. The minimum Gasteiger partial charge on any atom is -0.756 e. The Hall–Kier alpha value is -1.28. The summed E-state index contributed by atoms with van der Waals surface area (Å²) in [4.78, 5) is 25.5. The van der Waals surface area contributed by atoms with Crippen LogP contribution in [-0.4, -0.2) is 68.5 Å². The molecule has 0 saturated heterocycles. The van der Waals surface area contributed by atoms with Gasteiger partial charge >= 0.3 is 0 Å². The highest BCUT2D eigenvalue weighted by Gasteiger charge is 2.24. The van der Waals surface area contributed by atoms with E-state index in [1.807, 2.05) is 21.1 Å². The smallest absolute Gasteiger partial charge is 0.268 e. The molecular weight excluding hydrogens is 804 g/mol. The molecule has 0 aromatic heterocycles. The third kappa shape index (κ3) is 48.5. The average molecular weight is 909 g/mol. The highest BCUT2D eigenvalue weighted by atomic mass is 31.2. The highest BCUT2D eigenvalue weighted by molar-refractivity contribution is 7.45. The summed E-state index contributed by atoms with van der Waals surface area (Å²) in [6, 6.07) is -0.808. The molecule has 1 amide bonds. The molecule has 0 bridgehead atoms. The van der Waals surface area contributed by atoms with Gasteiger partial charge in [-0.05, 0) is 51.4 Å². The zero-order chi connectivity index (χ0) is 46.4. The van der Waals surface area contributed by atoms with Crippen molar-refractivity contribution in [3.63, 3.8) is 0 Å². The van der Waals surface area contributed by atoms with Crippen LogP contribution in [0.1, 0.15) is 251 Å². The normalized spacial score (nSPS) is 14.3. The van der Waals surface area contributed by atoms with Crippen molar-refractivity contribution in [1.29, 1.82) is 0 Å². The first-order valence-corrected chi connectivity index (χ1v) is 28.3. The second-order valence-corrected chi connectivity index (χ2v) is 21.0. The third-order valence-corrected chi connectivity index (χ3v) is 13.1. The molecule has 8 nitrogen and oxygen atoms in total. The Morgan fingerprint density at radius 3 is 1.33 bits per heavy atom. The molecule has 0 aliphatic carbocycles. The average Bonchev–Trinajstić information content (AvgIpc) is 3.24. The lowest BCUT2D eigenvalue weighted by atomic mass is 10.0. The van der Waals surface area contributed by atoms with Gasteiger partial charge in [-0.25, -0.2) is 0 Å². The van der Waals surface area contributed by atoms with Crippen molar-refractivity contribution >= 4 is 13.7 Å². The van der Waals surface area contributed by atoms with Gasteiger partial charge in [0.15, 0.2) is 0 Å². The molecule has 0 aliphatic heterocycles. The van der Waals surface area contributed by atoms with Crippen LogP contribution in [0.4, 0.5) is 0 Å². The van der Waals surface area contributed by atoms with Crippen molar-refractivity contribution < 1.29 is 32.9 Å². The standard InChI is InChI=1S/C54H105N2O6P/c1-6-8-10-12-14-16-18-20-22-24-26-28-30-32-34-36-38-40-42-44-46-48-54(58)55-52(51-62-63(59,60)61-50-49-56(3,4)5)53(57)47-45-43-41-39-37-35-33-31-29-27-25-23-21-19-17-15-13-11-9-7-2/h18,20,24,26,30,32,52-53,57H,6-17,19,21-23,25,27-29,31,33-51H2,1-5H3,(H-,55,58,59,60)/b20-18-,26-24-,32-30-. The highest BCUT2D eigenvalue weighted by Crippen LogP contribution is 2.38. The Balaban J connectivity index is 4.27. The molecule has 3 atom stereocenters. The molecule has 3 unspecified atom stereocenters. The summed E-state index contributed by atoms with van der Waals surface area (Å²) in [6.07, 6.45) is 57.3. The van der Waals surface area contributed by atoms with Gasteiger partial charge in [-0.15, -0.1) is 0 Å². The van der Waals surface area contributed by atoms with Crippen molar-refractivity contribution in [2.45, 2.75) is 264 Å². The number of quaternary nitrogens is 1. The molecule has 0 fully saturated rings. The van der Waals surface area contributed by atoms with Crippen LogP contribution in [-0.2, 0) is 18.4 Å². The first-order valence-electron chi connectivity index (χ1n) is 26.8. The van der Waals surface area contributed by atoms with E-state index in [2.05, 4.69) is 55.6 Å². The molecular formula is C54H105N2O6P. The molecule has 0 saturated carbocycles. The maximum Gasteiger partial charge on any atom is 0.268 e. The van der Waals surface area contributed by atoms with Crippen LogP contribution >= 0.6 is 7.82 Å². The Morgan fingerprint density at radius 2 is 0.921 bits per heavy atom. The van der Waals surface area contributed by atoms with E-state index in [4.69, 9.17) is 9.05 Å². The summed E-state index contributed by atoms with van der Waals surface area (Å²) in [5.74, 6) is -0.175. The number of nitrogens with zero attached hydrogens (tertiary/aromatic N) is 1. The van der Waals surface area contributed by atoms with E-state index in [9.17, 15) is 19.4 Å². The van der Waals surface area contributed by atoms with E-state index in [0.717, 1.165) is 64.2 Å². The molecule has 0 rings (SSSR count). The summed E-state index contributed by atoms with van der Waals surface area (Å²) in [7, 11) is 1.30. The fraction of sp³-hybridized carbons (Fsp3) is 0.870. The first kappa shape index (κ1) is 61.7. The summed E-state index contributed by atoms with van der Waals surface area (Å²) < 4.78 is 23.4. The number of carbonyl (C=O) groups is 1. The van der Waals surface area contributed by atoms with Gasteiger partial charge in [0.1, 0.15) is 13.2 Å². The number of carbonyl (C=O) groups excluding carboxylic acids is 1.